The minimum absolute atomic E-state index is 0.0439. The van der Waals surface area contributed by atoms with E-state index in [1.165, 1.54) is 19.3 Å². The molecule has 1 aliphatic rings. The van der Waals surface area contributed by atoms with Crippen LogP contribution in [0.25, 0.3) is 0 Å². The van der Waals surface area contributed by atoms with Crippen molar-refractivity contribution in [3.8, 4) is 0 Å². The van der Waals surface area contributed by atoms with Crippen molar-refractivity contribution < 1.29 is 0 Å². The molecule has 1 heterocycles. The quantitative estimate of drug-likeness (QED) is 0.896. The monoisotopic (exact) mass is 266 g/mol. The van der Waals surface area contributed by atoms with E-state index in [2.05, 4.69) is 24.0 Å². The van der Waals surface area contributed by atoms with Gasteiger partial charge in [-0.15, -0.1) is 0 Å². The summed E-state index contributed by atoms with van der Waals surface area (Å²) in [4.78, 5) is 2.40. The second-order valence-electron chi connectivity index (χ2n) is 5.34. The molecule has 1 aromatic rings. The van der Waals surface area contributed by atoms with Gasteiger partial charge in [-0.1, -0.05) is 31.0 Å². The summed E-state index contributed by atoms with van der Waals surface area (Å²) < 4.78 is 0. The second-order valence-corrected chi connectivity index (χ2v) is 5.75. The fourth-order valence-corrected chi connectivity index (χ4v) is 2.95. The van der Waals surface area contributed by atoms with Crippen LogP contribution in [0.5, 0.6) is 0 Å². The zero-order valence-electron chi connectivity index (χ0n) is 11.3. The zero-order valence-corrected chi connectivity index (χ0v) is 12.1. The lowest BCUT2D eigenvalue weighted by atomic mass is 9.94. The van der Waals surface area contributed by atoms with Crippen LogP contribution in [0.4, 0.5) is 5.69 Å². The minimum Gasteiger partial charge on any atom is -0.370 e. The maximum absolute atomic E-state index is 6.38. The number of halogens is 1. The Hall–Kier alpha value is -0.730. The van der Waals surface area contributed by atoms with Gasteiger partial charge in [0.25, 0.3) is 0 Å². The Kier molecular flexibility index (Phi) is 4.52. The van der Waals surface area contributed by atoms with E-state index in [1.807, 2.05) is 13.0 Å². The molecule has 1 fully saturated rings. The largest absolute Gasteiger partial charge is 0.370 e. The molecule has 1 aliphatic heterocycles. The van der Waals surface area contributed by atoms with Crippen LogP contribution in [0, 0.1) is 5.92 Å². The molecule has 1 saturated heterocycles. The summed E-state index contributed by atoms with van der Waals surface area (Å²) in [5, 5.41) is 0.833. The Morgan fingerprint density at radius 2 is 2.06 bits per heavy atom. The van der Waals surface area contributed by atoms with Crippen LogP contribution < -0.4 is 10.6 Å². The van der Waals surface area contributed by atoms with E-state index in [4.69, 9.17) is 17.3 Å². The van der Waals surface area contributed by atoms with E-state index in [0.29, 0.717) is 0 Å². The van der Waals surface area contributed by atoms with Crippen molar-refractivity contribution in [3.63, 3.8) is 0 Å². The highest BCUT2D eigenvalue weighted by atomic mass is 35.5. The van der Waals surface area contributed by atoms with Crippen molar-refractivity contribution in [2.45, 2.75) is 39.2 Å². The predicted octanol–water partition coefficient (Wildman–Crippen LogP) is 3.99. The van der Waals surface area contributed by atoms with Gasteiger partial charge < -0.3 is 10.6 Å². The van der Waals surface area contributed by atoms with Gasteiger partial charge >= 0.3 is 0 Å². The van der Waals surface area contributed by atoms with Crippen molar-refractivity contribution in [1.82, 2.24) is 0 Å². The zero-order chi connectivity index (χ0) is 13.1. The number of nitrogens with zero attached hydrogens (tertiary/aromatic N) is 1. The van der Waals surface area contributed by atoms with Gasteiger partial charge in [-0.2, -0.15) is 0 Å². The van der Waals surface area contributed by atoms with Crippen LogP contribution in [0.1, 0.15) is 44.7 Å². The number of benzene rings is 1. The first-order chi connectivity index (χ1) is 8.61. The van der Waals surface area contributed by atoms with Crippen LogP contribution in [-0.4, -0.2) is 13.1 Å². The first-order valence-corrected chi connectivity index (χ1v) is 7.29. The van der Waals surface area contributed by atoms with Gasteiger partial charge in [0, 0.05) is 19.1 Å². The average molecular weight is 267 g/mol. The van der Waals surface area contributed by atoms with E-state index in [9.17, 15) is 0 Å². The maximum Gasteiger partial charge on any atom is 0.0642 e. The fourth-order valence-electron chi connectivity index (χ4n) is 2.64. The second kappa shape index (κ2) is 5.94. The standard InChI is InChI=1S/C15H23ClN2/c1-3-12-6-8-18(9-7-12)15-5-4-13(11(2)17)10-14(15)16/h4-5,10-12H,3,6-9,17H2,1-2H3/t11-/m1/s1. The van der Waals surface area contributed by atoms with Crippen molar-refractivity contribution in [1.29, 1.82) is 0 Å². The normalized spacial score (nSPS) is 19.0. The summed E-state index contributed by atoms with van der Waals surface area (Å²) >= 11 is 6.38. The molecule has 0 spiro atoms. The Balaban J connectivity index is 2.10. The Labute approximate surface area is 115 Å². The summed E-state index contributed by atoms with van der Waals surface area (Å²) in [6.45, 7) is 6.51. The molecule has 0 bridgehead atoms. The van der Waals surface area contributed by atoms with Gasteiger partial charge in [0.2, 0.25) is 0 Å². The lowest BCUT2D eigenvalue weighted by molar-refractivity contribution is 0.395. The first-order valence-electron chi connectivity index (χ1n) is 6.91. The molecule has 3 heteroatoms. The van der Waals surface area contributed by atoms with E-state index in [0.717, 1.165) is 35.3 Å². The van der Waals surface area contributed by atoms with Gasteiger partial charge in [0.15, 0.2) is 0 Å². The number of hydrogen-bond acceptors (Lipinski definition) is 2. The van der Waals surface area contributed by atoms with Crippen molar-refractivity contribution in [2.24, 2.45) is 11.7 Å². The van der Waals surface area contributed by atoms with Gasteiger partial charge in [0.1, 0.15) is 0 Å². The van der Waals surface area contributed by atoms with Crippen LogP contribution in [0.2, 0.25) is 5.02 Å². The van der Waals surface area contributed by atoms with Crippen LogP contribution in [0.3, 0.4) is 0 Å². The smallest absolute Gasteiger partial charge is 0.0642 e. The fraction of sp³-hybridized carbons (Fsp3) is 0.600. The average Bonchev–Trinajstić information content (AvgIpc) is 2.38. The van der Waals surface area contributed by atoms with Crippen molar-refractivity contribution >= 4 is 17.3 Å². The number of rotatable bonds is 3. The summed E-state index contributed by atoms with van der Waals surface area (Å²) in [6.07, 6.45) is 3.86. The number of nitrogens with two attached hydrogens (primary N) is 1. The molecule has 0 aliphatic carbocycles. The molecule has 1 atom stereocenters. The van der Waals surface area contributed by atoms with E-state index < -0.39 is 0 Å². The molecule has 18 heavy (non-hydrogen) atoms. The molecule has 0 saturated carbocycles. The number of hydrogen-bond donors (Lipinski definition) is 1. The third-order valence-corrected chi connectivity index (χ3v) is 4.33. The van der Waals surface area contributed by atoms with Crippen LogP contribution in [-0.2, 0) is 0 Å². The lowest BCUT2D eigenvalue weighted by Crippen LogP contribution is -2.33. The minimum atomic E-state index is 0.0439. The highest BCUT2D eigenvalue weighted by molar-refractivity contribution is 6.33. The first kappa shape index (κ1) is 13.7. The third kappa shape index (κ3) is 2.99. The molecular formula is C15H23ClN2. The molecule has 0 radical (unpaired) electrons. The number of piperidine rings is 1. The molecule has 0 amide bonds. The molecule has 2 N–H and O–H groups in total. The molecule has 100 valence electrons. The van der Waals surface area contributed by atoms with E-state index >= 15 is 0 Å². The molecule has 2 rings (SSSR count). The highest BCUT2D eigenvalue weighted by Gasteiger charge is 2.19. The molecule has 0 unspecified atom stereocenters. The van der Waals surface area contributed by atoms with Gasteiger partial charge in [-0.3, -0.25) is 0 Å². The van der Waals surface area contributed by atoms with Gasteiger partial charge in [-0.05, 0) is 43.4 Å². The van der Waals surface area contributed by atoms with E-state index in [-0.39, 0.29) is 6.04 Å². The summed E-state index contributed by atoms with van der Waals surface area (Å²) in [7, 11) is 0. The van der Waals surface area contributed by atoms with Gasteiger partial charge in [0.05, 0.1) is 10.7 Å². The predicted molar refractivity (Wildman–Crippen MR) is 79.3 cm³/mol. The third-order valence-electron chi connectivity index (χ3n) is 4.03. The molecular weight excluding hydrogens is 244 g/mol. The Bertz CT molecular complexity index is 395. The SMILES string of the molecule is CCC1CCN(c2ccc([C@@H](C)N)cc2Cl)CC1. The molecule has 0 aromatic heterocycles. The number of anilines is 1. The summed E-state index contributed by atoms with van der Waals surface area (Å²) in [5.74, 6) is 0.892. The summed E-state index contributed by atoms with van der Waals surface area (Å²) in [6, 6.07) is 6.26. The summed E-state index contributed by atoms with van der Waals surface area (Å²) in [5.41, 5.74) is 8.14. The lowest BCUT2D eigenvalue weighted by Gasteiger charge is -2.34. The van der Waals surface area contributed by atoms with E-state index in [1.54, 1.807) is 0 Å². The topological polar surface area (TPSA) is 29.3 Å². The van der Waals surface area contributed by atoms with Crippen molar-refractivity contribution in [2.75, 3.05) is 18.0 Å². The highest BCUT2D eigenvalue weighted by Crippen LogP contribution is 2.32. The van der Waals surface area contributed by atoms with Gasteiger partial charge in [-0.25, -0.2) is 0 Å². The Morgan fingerprint density at radius 1 is 1.39 bits per heavy atom. The van der Waals surface area contributed by atoms with Crippen molar-refractivity contribution in [3.05, 3.63) is 28.8 Å². The van der Waals surface area contributed by atoms with Crippen LogP contribution >= 0.6 is 11.6 Å². The Morgan fingerprint density at radius 3 is 2.56 bits per heavy atom. The molecule has 1 aromatic carbocycles. The maximum atomic E-state index is 6.38. The molecule has 2 nitrogen and oxygen atoms in total. The van der Waals surface area contributed by atoms with Crippen LogP contribution in [0.15, 0.2) is 18.2 Å².